The van der Waals surface area contributed by atoms with Crippen molar-refractivity contribution in [1.82, 2.24) is 5.32 Å². The van der Waals surface area contributed by atoms with Crippen LogP contribution < -0.4 is 5.32 Å². The molecule has 0 spiro atoms. The molecule has 0 saturated carbocycles. The highest BCUT2D eigenvalue weighted by Gasteiger charge is 2.22. The van der Waals surface area contributed by atoms with Crippen LogP contribution in [0.4, 0.5) is 0 Å². The summed E-state index contributed by atoms with van der Waals surface area (Å²) in [6.07, 6.45) is 0. The van der Waals surface area contributed by atoms with Crippen LogP contribution in [0, 0.1) is 0 Å². The molecule has 0 unspecified atom stereocenters. The maximum absolute atomic E-state index is 11.0. The first-order valence-electron chi connectivity index (χ1n) is 5.20. The molecule has 1 aromatic rings. The van der Waals surface area contributed by atoms with E-state index < -0.39 is 12.5 Å². The summed E-state index contributed by atoms with van der Waals surface area (Å²) in [6, 6.07) is 5.39. The van der Waals surface area contributed by atoms with Gasteiger partial charge in [-0.2, -0.15) is 0 Å². The van der Waals surface area contributed by atoms with Crippen LogP contribution in [0.1, 0.15) is 19.4 Å². The predicted molar refractivity (Wildman–Crippen MR) is 69.6 cm³/mol. The first-order chi connectivity index (χ1) is 7.86. The molecule has 0 aliphatic rings. The Kier molecular flexibility index (Phi) is 4.80. The molecule has 5 heteroatoms. The van der Waals surface area contributed by atoms with E-state index in [1.54, 1.807) is 12.1 Å². The van der Waals surface area contributed by atoms with Crippen LogP contribution in [0.2, 0.25) is 10.0 Å². The molecule has 0 saturated heterocycles. The van der Waals surface area contributed by atoms with E-state index in [-0.39, 0.29) is 5.41 Å². The van der Waals surface area contributed by atoms with Gasteiger partial charge in [-0.3, -0.25) is 4.79 Å². The van der Waals surface area contributed by atoms with E-state index in [1.165, 1.54) is 0 Å². The summed E-state index contributed by atoms with van der Waals surface area (Å²) < 4.78 is 0. The third kappa shape index (κ3) is 3.87. The maximum atomic E-state index is 11.0. The monoisotopic (exact) mass is 275 g/mol. The number of carbonyl (C=O) groups is 1. The predicted octanol–water partition coefficient (Wildman–Crippen LogP) is 2.38. The van der Waals surface area contributed by atoms with Crippen molar-refractivity contribution in [2.24, 2.45) is 0 Å². The van der Waals surface area contributed by atoms with E-state index in [1.807, 2.05) is 19.9 Å². The van der Waals surface area contributed by atoms with Gasteiger partial charge in [-0.1, -0.05) is 43.1 Å². The number of rotatable bonds is 4. The molecule has 0 aromatic heterocycles. The summed E-state index contributed by atoms with van der Waals surface area (Å²) in [6.45, 7) is 3.87. The van der Waals surface area contributed by atoms with Gasteiger partial charge in [0, 0.05) is 12.0 Å². The number of halogens is 2. The Morgan fingerprint density at radius 2 is 2.00 bits per heavy atom. The standard InChI is InChI=1S/C12H15Cl2NO2/c1-12(2,7-15-11(17)6-16)8-3-4-9(13)10(14)5-8/h3-5,16H,6-7H2,1-2H3,(H,15,17). The molecule has 1 rings (SSSR count). The highest BCUT2D eigenvalue weighted by Crippen LogP contribution is 2.29. The summed E-state index contributed by atoms with van der Waals surface area (Å²) in [5, 5.41) is 12.3. The Hall–Kier alpha value is -0.770. The van der Waals surface area contributed by atoms with Crippen LogP contribution >= 0.6 is 23.2 Å². The molecular formula is C12H15Cl2NO2. The number of benzene rings is 1. The molecule has 2 N–H and O–H groups in total. The maximum Gasteiger partial charge on any atom is 0.245 e. The second kappa shape index (κ2) is 5.71. The minimum absolute atomic E-state index is 0.279. The van der Waals surface area contributed by atoms with Crippen LogP contribution in [-0.2, 0) is 10.2 Å². The first-order valence-corrected chi connectivity index (χ1v) is 5.95. The summed E-state index contributed by atoms with van der Waals surface area (Å²) in [5.41, 5.74) is 0.698. The molecule has 0 aliphatic heterocycles. The number of hydrogen-bond acceptors (Lipinski definition) is 2. The van der Waals surface area contributed by atoms with Crippen LogP contribution in [0.3, 0.4) is 0 Å². The van der Waals surface area contributed by atoms with Crippen LogP contribution in [0.25, 0.3) is 0 Å². The molecule has 3 nitrogen and oxygen atoms in total. The molecule has 0 atom stereocenters. The van der Waals surface area contributed by atoms with Gasteiger partial charge in [-0.25, -0.2) is 0 Å². The van der Waals surface area contributed by atoms with Crippen molar-refractivity contribution < 1.29 is 9.90 Å². The van der Waals surface area contributed by atoms with Gasteiger partial charge >= 0.3 is 0 Å². The van der Waals surface area contributed by atoms with Gasteiger partial charge in [0.15, 0.2) is 0 Å². The van der Waals surface area contributed by atoms with E-state index >= 15 is 0 Å². The minimum Gasteiger partial charge on any atom is -0.387 e. The van der Waals surface area contributed by atoms with E-state index in [0.717, 1.165) is 5.56 Å². The molecule has 0 bridgehead atoms. The number of aliphatic hydroxyl groups excluding tert-OH is 1. The van der Waals surface area contributed by atoms with Gasteiger partial charge in [-0.15, -0.1) is 0 Å². The van der Waals surface area contributed by atoms with Gasteiger partial charge in [0.25, 0.3) is 0 Å². The molecule has 1 amide bonds. The van der Waals surface area contributed by atoms with Gasteiger partial charge in [0.2, 0.25) is 5.91 Å². The zero-order valence-corrected chi connectivity index (χ0v) is 11.3. The Morgan fingerprint density at radius 1 is 1.35 bits per heavy atom. The van der Waals surface area contributed by atoms with Crippen LogP contribution in [0.5, 0.6) is 0 Å². The highest BCUT2D eigenvalue weighted by atomic mass is 35.5. The summed E-state index contributed by atoms with van der Waals surface area (Å²) in [7, 11) is 0. The van der Waals surface area contributed by atoms with Crippen molar-refractivity contribution in [1.29, 1.82) is 0 Å². The van der Waals surface area contributed by atoms with Crippen molar-refractivity contribution >= 4 is 29.1 Å². The Morgan fingerprint density at radius 3 is 2.53 bits per heavy atom. The molecule has 0 heterocycles. The average Bonchev–Trinajstić information content (AvgIpc) is 2.29. The third-order valence-corrected chi connectivity index (χ3v) is 3.31. The second-order valence-corrected chi connectivity index (χ2v) is 5.26. The number of aliphatic hydroxyl groups is 1. The Labute approximate surface area is 111 Å². The lowest BCUT2D eigenvalue weighted by Gasteiger charge is -2.25. The van der Waals surface area contributed by atoms with Crippen molar-refractivity contribution in [3.8, 4) is 0 Å². The number of hydrogen-bond donors (Lipinski definition) is 2. The lowest BCUT2D eigenvalue weighted by atomic mass is 9.84. The summed E-state index contributed by atoms with van der Waals surface area (Å²) >= 11 is 11.8. The van der Waals surface area contributed by atoms with E-state index in [0.29, 0.717) is 16.6 Å². The van der Waals surface area contributed by atoms with E-state index in [9.17, 15) is 4.79 Å². The quantitative estimate of drug-likeness (QED) is 0.887. The lowest BCUT2D eigenvalue weighted by molar-refractivity contribution is -0.124. The van der Waals surface area contributed by atoms with E-state index in [2.05, 4.69) is 5.32 Å². The van der Waals surface area contributed by atoms with Crippen molar-refractivity contribution in [3.63, 3.8) is 0 Å². The molecule has 1 aromatic carbocycles. The van der Waals surface area contributed by atoms with Crippen molar-refractivity contribution in [2.75, 3.05) is 13.2 Å². The summed E-state index contributed by atoms with van der Waals surface area (Å²) in [5.74, 6) is -0.391. The lowest BCUT2D eigenvalue weighted by Crippen LogP contribution is -2.37. The topological polar surface area (TPSA) is 49.3 Å². The normalized spacial score (nSPS) is 11.4. The molecule has 94 valence electrons. The van der Waals surface area contributed by atoms with Crippen LogP contribution in [-0.4, -0.2) is 24.2 Å². The summed E-state index contributed by atoms with van der Waals surface area (Å²) in [4.78, 5) is 11.0. The van der Waals surface area contributed by atoms with Gasteiger partial charge in [0.05, 0.1) is 10.0 Å². The van der Waals surface area contributed by atoms with Crippen LogP contribution in [0.15, 0.2) is 18.2 Å². The fourth-order valence-electron chi connectivity index (χ4n) is 1.39. The molecule has 0 fully saturated rings. The largest absolute Gasteiger partial charge is 0.387 e. The highest BCUT2D eigenvalue weighted by molar-refractivity contribution is 6.42. The molecule has 0 radical (unpaired) electrons. The molecule has 0 aliphatic carbocycles. The second-order valence-electron chi connectivity index (χ2n) is 4.45. The van der Waals surface area contributed by atoms with Gasteiger partial charge in [0.1, 0.15) is 6.61 Å². The molecule has 17 heavy (non-hydrogen) atoms. The smallest absolute Gasteiger partial charge is 0.245 e. The zero-order chi connectivity index (χ0) is 13.1. The fourth-order valence-corrected chi connectivity index (χ4v) is 1.69. The number of carbonyl (C=O) groups excluding carboxylic acids is 1. The van der Waals surface area contributed by atoms with Gasteiger partial charge in [-0.05, 0) is 17.7 Å². The SMILES string of the molecule is CC(C)(CNC(=O)CO)c1ccc(Cl)c(Cl)c1. The number of nitrogens with one attached hydrogen (secondary N) is 1. The minimum atomic E-state index is -0.503. The van der Waals surface area contributed by atoms with Crippen molar-refractivity contribution in [3.05, 3.63) is 33.8 Å². The average molecular weight is 276 g/mol. The molecular weight excluding hydrogens is 261 g/mol. The third-order valence-electron chi connectivity index (χ3n) is 2.57. The van der Waals surface area contributed by atoms with Gasteiger partial charge < -0.3 is 10.4 Å². The zero-order valence-electron chi connectivity index (χ0n) is 9.76. The van der Waals surface area contributed by atoms with Crippen molar-refractivity contribution in [2.45, 2.75) is 19.3 Å². The number of amides is 1. The first kappa shape index (κ1) is 14.3. The Bertz CT molecular complexity index is 419. The van der Waals surface area contributed by atoms with E-state index in [4.69, 9.17) is 28.3 Å². The fraction of sp³-hybridized carbons (Fsp3) is 0.417. The Balaban J connectivity index is 2.81.